The number of rotatable bonds is 2. The molecular weight excluding hydrogens is 236 g/mol. The van der Waals surface area contributed by atoms with Crippen molar-refractivity contribution in [1.82, 2.24) is 0 Å². The van der Waals surface area contributed by atoms with Crippen LogP contribution in [0.4, 0.5) is 0 Å². The summed E-state index contributed by atoms with van der Waals surface area (Å²) >= 11 is 0. The van der Waals surface area contributed by atoms with Gasteiger partial charge in [0.15, 0.2) is 0 Å². The molecule has 5 nitrogen and oxygen atoms in total. The van der Waals surface area contributed by atoms with E-state index in [4.69, 9.17) is 9.47 Å². The topological polar surface area (TPSA) is 69.7 Å². The molecule has 4 atom stereocenters. The van der Waals surface area contributed by atoms with E-state index in [1.165, 1.54) is 0 Å². The maximum absolute atomic E-state index is 12.2. The van der Waals surface area contributed by atoms with Gasteiger partial charge in [-0.1, -0.05) is 12.2 Å². The van der Waals surface area contributed by atoms with Crippen LogP contribution in [0.2, 0.25) is 0 Å². The molecule has 1 aliphatic heterocycles. The number of carbonyl (C=O) groups excluding carboxylic acids is 3. The quantitative estimate of drug-likeness (QED) is 0.412. The average molecular weight is 250 g/mol. The minimum Gasteiger partial charge on any atom is -0.465 e. The highest BCUT2D eigenvalue weighted by Gasteiger charge is 2.65. The highest BCUT2D eigenvalue weighted by Crippen LogP contribution is 2.56. The van der Waals surface area contributed by atoms with E-state index in [2.05, 4.69) is 0 Å². The molecule has 4 rings (SSSR count). The Kier molecular flexibility index (Phi) is 2.33. The lowest BCUT2D eigenvalue weighted by Crippen LogP contribution is -2.51. The molecule has 96 valence electrons. The van der Waals surface area contributed by atoms with Crippen molar-refractivity contribution in [3.8, 4) is 0 Å². The van der Waals surface area contributed by atoms with Gasteiger partial charge >= 0.3 is 17.9 Å². The van der Waals surface area contributed by atoms with E-state index < -0.39 is 35.2 Å². The predicted octanol–water partition coefficient (Wildman–Crippen LogP) is 0.831. The smallest absolute Gasteiger partial charge is 0.318 e. The molecule has 0 aromatic heterocycles. The van der Waals surface area contributed by atoms with Gasteiger partial charge in [0, 0.05) is 0 Å². The summed E-state index contributed by atoms with van der Waals surface area (Å²) in [4.78, 5) is 35.7. The van der Waals surface area contributed by atoms with Crippen LogP contribution in [0.25, 0.3) is 0 Å². The van der Waals surface area contributed by atoms with Crippen LogP contribution in [-0.2, 0) is 23.9 Å². The van der Waals surface area contributed by atoms with Crippen molar-refractivity contribution in [2.45, 2.75) is 19.8 Å². The van der Waals surface area contributed by atoms with Crippen molar-refractivity contribution in [3.63, 3.8) is 0 Å². The molecule has 0 spiro atoms. The summed E-state index contributed by atoms with van der Waals surface area (Å²) < 4.78 is 9.80. The number of allylic oxidation sites excluding steroid dienone is 1. The molecule has 0 unspecified atom stereocenters. The SMILES string of the molecule is CCOC(=O)[C@]12C=C[C@H](CC1)[C@H]1C(=O)OC(=O)[C@@H]12. The lowest BCUT2D eigenvalue weighted by Gasteiger charge is -2.45. The van der Waals surface area contributed by atoms with Crippen LogP contribution in [0.3, 0.4) is 0 Å². The summed E-state index contributed by atoms with van der Waals surface area (Å²) in [6, 6.07) is 0. The second-order valence-electron chi connectivity index (χ2n) is 5.07. The van der Waals surface area contributed by atoms with Crippen molar-refractivity contribution in [2.75, 3.05) is 6.61 Å². The first kappa shape index (κ1) is 11.4. The number of ether oxygens (including phenoxy) is 2. The zero-order valence-corrected chi connectivity index (χ0v) is 10.0. The summed E-state index contributed by atoms with van der Waals surface area (Å²) in [5.74, 6) is -2.65. The van der Waals surface area contributed by atoms with E-state index in [1.807, 2.05) is 6.08 Å². The van der Waals surface area contributed by atoms with E-state index in [-0.39, 0.29) is 12.5 Å². The fraction of sp³-hybridized carbons (Fsp3) is 0.615. The van der Waals surface area contributed by atoms with Gasteiger partial charge in [0.2, 0.25) is 0 Å². The molecular formula is C13H14O5. The van der Waals surface area contributed by atoms with Gasteiger partial charge in [0.1, 0.15) is 5.41 Å². The standard InChI is InChI=1S/C13H14O5/c1-2-17-12(16)13-5-3-7(4-6-13)8-9(13)11(15)18-10(8)14/h3,5,7-9H,2,4,6H2,1H3/t7-,8-,9-,13-/m1/s1. The van der Waals surface area contributed by atoms with Crippen molar-refractivity contribution in [3.05, 3.63) is 12.2 Å². The molecule has 1 saturated carbocycles. The van der Waals surface area contributed by atoms with Gasteiger partial charge in [0.05, 0.1) is 18.4 Å². The zero-order chi connectivity index (χ0) is 12.9. The summed E-state index contributed by atoms with van der Waals surface area (Å²) in [5, 5.41) is 0. The maximum Gasteiger partial charge on any atom is 0.318 e. The largest absolute Gasteiger partial charge is 0.465 e. The van der Waals surface area contributed by atoms with Crippen LogP contribution < -0.4 is 0 Å². The van der Waals surface area contributed by atoms with Gasteiger partial charge in [-0.3, -0.25) is 14.4 Å². The molecule has 1 heterocycles. The second-order valence-corrected chi connectivity index (χ2v) is 5.07. The van der Waals surface area contributed by atoms with Crippen molar-refractivity contribution in [2.24, 2.45) is 23.2 Å². The molecule has 4 aliphatic rings. The Labute approximate surface area is 104 Å². The average Bonchev–Trinajstić information content (AvgIpc) is 2.69. The number of esters is 3. The monoisotopic (exact) mass is 250 g/mol. The van der Waals surface area contributed by atoms with Gasteiger partial charge in [0.25, 0.3) is 0 Å². The molecule has 0 amide bonds. The lowest BCUT2D eigenvalue weighted by atomic mass is 9.55. The summed E-state index contributed by atoms with van der Waals surface area (Å²) in [6.45, 7) is 1.99. The van der Waals surface area contributed by atoms with Gasteiger partial charge in [-0.05, 0) is 25.7 Å². The maximum atomic E-state index is 12.2. The Morgan fingerprint density at radius 1 is 1.50 bits per heavy atom. The fourth-order valence-electron chi connectivity index (χ4n) is 3.47. The molecule has 0 N–H and O–H groups in total. The summed E-state index contributed by atoms with van der Waals surface area (Å²) in [7, 11) is 0. The first-order chi connectivity index (χ1) is 8.60. The number of fused-ring (bicyclic) bond motifs is 1. The van der Waals surface area contributed by atoms with Crippen molar-refractivity contribution in [1.29, 1.82) is 0 Å². The Hall–Kier alpha value is -1.65. The first-order valence-electron chi connectivity index (χ1n) is 6.22. The van der Waals surface area contributed by atoms with E-state index in [1.54, 1.807) is 13.0 Å². The highest BCUT2D eigenvalue weighted by molar-refractivity contribution is 6.01. The molecule has 18 heavy (non-hydrogen) atoms. The van der Waals surface area contributed by atoms with Gasteiger partial charge in [-0.2, -0.15) is 0 Å². The third kappa shape index (κ3) is 1.24. The van der Waals surface area contributed by atoms with Crippen LogP contribution in [0.5, 0.6) is 0 Å². The lowest BCUT2D eigenvalue weighted by molar-refractivity contribution is -0.165. The minimum atomic E-state index is -0.987. The number of cyclic esters (lactones) is 2. The van der Waals surface area contributed by atoms with E-state index in [0.29, 0.717) is 6.42 Å². The van der Waals surface area contributed by atoms with E-state index >= 15 is 0 Å². The molecule has 5 heteroatoms. The third-order valence-electron chi connectivity index (χ3n) is 4.29. The summed E-state index contributed by atoms with van der Waals surface area (Å²) in [5.41, 5.74) is -0.987. The first-order valence-corrected chi connectivity index (χ1v) is 6.22. The molecule has 2 fully saturated rings. The van der Waals surface area contributed by atoms with Gasteiger partial charge < -0.3 is 9.47 Å². The minimum absolute atomic E-state index is 0.0188. The van der Waals surface area contributed by atoms with Crippen molar-refractivity contribution >= 4 is 17.9 Å². The zero-order valence-electron chi connectivity index (χ0n) is 10.0. The third-order valence-corrected chi connectivity index (χ3v) is 4.29. The Morgan fingerprint density at radius 3 is 2.89 bits per heavy atom. The molecule has 2 bridgehead atoms. The van der Waals surface area contributed by atoms with Crippen LogP contribution in [0.15, 0.2) is 12.2 Å². The Morgan fingerprint density at radius 2 is 2.28 bits per heavy atom. The number of hydrogen-bond acceptors (Lipinski definition) is 5. The number of hydrogen-bond donors (Lipinski definition) is 0. The van der Waals surface area contributed by atoms with Crippen LogP contribution in [0, 0.1) is 23.2 Å². The van der Waals surface area contributed by atoms with Gasteiger partial charge in [-0.15, -0.1) is 0 Å². The van der Waals surface area contributed by atoms with Crippen molar-refractivity contribution < 1.29 is 23.9 Å². The number of carbonyl (C=O) groups is 3. The Bertz CT molecular complexity index is 466. The normalized spacial score (nSPS) is 40.6. The fourth-order valence-corrected chi connectivity index (χ4v) is 3.47. The Balaban J connectivity index is 2.05. The molecule has 3 aliphatic carbocycles. The second kappa shape index (κ2) is 3.67. The van der Waals surface area contributed by atoms with E-state index in [9.17, 15) is 14.4 Å². The van der Waals surface area contributed by atoms with Crippen LogP contribution in [-0.4, -0.2) is 24.5 Å². The molecule has 1 saturated heterocycles. The van der Waals surface area contributed by atoms with E-state index in [0.717, 1.165) is 6.42 Å². The molecule has 0 aromatic carbocycles. The molecule has 0 radical (unpaired) electrons. The van der Waals surface area contributed by atoms with Crippen LogP contribution >= 0.6 is 0 Å². The molecule has 0 aromatic rings. The van der Waals surface area contributed by atoms with Gasteiger partial charge in [-0.25, -0.2) is 0 Å². The van der Waals surface area contributed by atoms with Crippen LogP contribution in [0.1, 0.15) is 19.8 Å². The highest BCUT2D eigenvalue weighted by atomic mass is 16.6. The summed E-state index contributed by atoms with van der Waals surface area (Å²) in [6.07, 6.45) is 4.89. The predicted molar refractivity (Wildman–Crippen MR) is 59.0 cm³/mol.